The number of piperidine rings is 1. The van der Waals surface area contributed by atoms with Crippen LogP contribution in [0.2, 0.25) is 0 Å². The fraction of sp³-hybridized carbons (Fsp3) is 0.696. The van der Waals surface area contributed by atoms with E-state index in [0.29, 0.717) is 12.6 Å². The SMILES string of the molecule is CCCOc1ccccc1C(=O)N1CCCCC1CCN1CCCCCC1.Cl. The molecule has 0 bridgehead atoms. The van der Waals surface area contributed by atoms with E-state index in [1.54, 1.807) is 0 Å². The molecule has 0 radical (unpaired) electrons. The third-order valence-corrected chi connectivity index (χ3v) is 5.94. The summed E-state index contributed by atoms with van der Waals surface area (Å²) in [6, 6.07) is 8.12. The summed E-state index contributed by atoms with van der Waals surface area (Å²) in [7, 11) is 0. The first kappa shape index (κ1) is 23.0. The van der Waals surface area contributed by atoms with Crippen molar-refractivity contribution < 1.29 is 9.53 Å². The maximum Gasteiger partial charge on any atom is 0.257 e. The third-order valence-electron chi connectivity index (χ3n) is 5.94. The quantitative estimate of drug-likeness (QED) is 0.624. The molecule has 1 amide bonds. The highest BCUT2D eigenvalue weighted by Gasteiger charge is 2.29. The standard InChI is InChI=1S/C23H36N2O2.ClH/c1-2-19-27-22-13-6-5-12-21(22)23(26)25-17-10-7-11-20(25)14-18-24-15-8-3-4-9-16-24;/h5-6,12-13,20H,2-4,7-11,14-19H2,1H3;1H. The van der Waals surface area contributed by atoms with Gasteiger partial charge in [0.2, 0.25) is 0 Å². The Morgan fingerprint density at radius 2 is 1.75 bits per heavy atom. The first-order valence-corrected chi connectivity index (χ1v) is 11.0. The molecule has 4 nitrogen and oxygen atoms in total. The van der Waals surface area contributed by atoms with Gasteiger partial charge in [0.15, 0.2) is 0 Å². The molecule has 0 aliphatic carbocycles. The Labute approximate surface area is 177 Å². The molecular weight excluding hydrogens is 372 g/mol. The van der Waals surface area contributed by atoms with Crippen LogP contribution in [-0.2, 0) is 0 Å². The van der Waals surface area contributed by atoms with Crippen molar-refractivity contribution in [2.24, 2.45) is 0 Å². The van der Waals surface area contributed by atoms with Crippen LogP contribution < -0.4 is 4.74 Å². The average molecular weight is 409 g/mol. The fourth-order valence-electron chi connectivity index (χ4n) is 4.40. The summed E-state index contributed by atoms with van der Waals surface area (Å²) in [5.41, 5.74) is 0.729. The predicted octanol–water partition coefficient (Wildman–Crippen LogP) is 5.16. The van der Waals surface area contributed by atoms with E-state index in [-0.39, 0.29) is 18.3 Å². The lowest BCUT2D eigenvalue weighted by atomic mass is 9.97. The van der Waals surface area contributed by atoms with Crippen molar-refractivity contribution in [3.63, 3.8) is 0 Å². The minimum atomic E-state index is 0. The molecule has 0 N–H and O–H groups in total. The van der Waals surface area contributed by atoms with E-state index >= 15 is 0 Å². The number of carbonyl (C=O) groups is 1. The van der Waals surface area contributed by atoms with Crippen molar-refractivity contribution in [2.75, 3.05) is 32.8 Å². The zero-order valence-electron chi connectivity index (χ0n) is 17.4. The van der Waals surface area contributed by atoms with Crippen molar-refractivity contribution in [1.29, 1.82) is 0 Å². The molecule has 1 unspecified atom stereocenters. The van der Waals surface area contributed by atoms with E-state index in [1.165, 1.54) is 45.2 Å². The summed E-state index contributed by atoms with van der Waals surface area (Å²) in [5.74, 6) is 0.892. The Balaban J connectivity index is 0.00000280. The molecule has 2 saturated heterocycles. The van der Waals surface area contributed by atoms with Gasteiger partial charge in [-0.15, -0.1) is 12.4 Å². The number of nitrogens with zero attached hydrogens (tertiary/aromatic N) is 2. The third kappa shape index (κ3) is 6.38. The maximum absolute atomic E-state index is 13.3. The first-order valence-electron chi connectivity index (χ1n) is 11.0. The molecule has 1 aromatic carbocycles. The van der Waals surface area contributed by atoms with Crippen molar-refractivity contribution in [3.05, 3.63) is 29.8 Å². The van der Waals surface area contributed by atoms with Gasteiger partial charge in [0.25, 0.3) is 5.91 Å². The van der Waals surface area contributed by atoms with E-state index in [9.17, 15) is 4.79 Å². The van der Waals surface area contributed by atoms with Crippen molar-refractivity contribution in [2.45, 2.75) is 70.8 Å². The number of ether oxygens (including phenoxy) is 1. The van der Waals surface area contributed by atoms with Gasteiger partial charge in [-0.25, -0.2) is 0 Å². The van der Waals surface area contributed by atoms with Gasteiger partial charge in [-0.3, -0.25) is 4.79 Å². The van der Waals surface area contributed by atoms with Gasteiger partial charge in [-0.05, 0) is 70.2 Å². The summed E-state index contributed by atoms with van der Waals surface area (Å²) in [6.07, 6.45) is 10.9. The summed E-state index contributed by atoms with van der Waals surface area (Å²) in [6.45, 7) is 7.22. The smallest absolute Gasteiger partial charge is 0.257 e. The van der Waals surface area contributed by atoms with Crippen LogP contribution in [0.1, 0.15) is 75.1 Å². The van der Waals surface area contributed by atoms with Gasteiger partial charge < -0.3 is 14.5 Å². The molecule has 2 fully saturated rings. The Bertz CT molecular complexity index is 588. The zero-order valence-corrected chi connectivity index (χ0v) is 18.2. The first-order chi connectivity index (χ1) is 13.3. The Morgan fingerprint density at radius 1 is 1.04 bits per heavy atom. The molecule has 5 heteroatoms. The van der Waals surface area contributed by atoms with Crippen LogP contribution in [0.5, 0.6) is 5.75 Å². The van der Waals surface area contributed by atoms with Gasteiger partial charge in [-0.1, -0.05) is 31.9 Å². The van der Waals surface area contributed by atoms with Gasteiger partial charge in [0.1, 0.15) is 5.75 Å². The molecule has 1 aromatic rings. The minimum Gasteiger partial charge on any atom is -0.493 e. The molecular formula is C23H37ClN2O2. The molecule has 2 aliphatic rings. The van der Waals surface area contributed by atoms with Gasteiger partial charge in [0.05, 0.1) is 12.2 Å². The molecule has 3 rings (SSSR count). The van der Waals surface area contributed by atoms with E-state index in [2.05, 4.69) is 16.7 Å². The summed E-state index contributed by atoms with van der Waals surface area (Å²) < 4.78 is 5.85. The number of carbonyl (C=O) groups excluding carboxylic acids is 1. The maximum atomic E-state index is 13.3. The number of amides is 1. The van der Waals surface area contributed by atoms with Gasteiger partial charge >= 0.3 is 0 Å². The normalized spacial score (nSPS) is 20.9. The van der Waals surface area contributed by atoms with Gasteiger partial charge in [0, 0.05) is 19.1 Å². The summed E-state index contributed by atoms with van der Waals surface area (Å²) in [4.78, 5) is 18.1. The highest BCUT2D eigenvalue weighted by molar-refractivity contribution is 5.97. The largest absolute Gasteiger partial charge is 0.493 e. The summed E-state index contributed by atoms with van der Waals surface area (Å²) >= 11 is 0. The Morgan fingerprint density at radius 3 is 2.50 bits per heavy atom. The number of likely N-dealkylation sites (tertiary alicyclic amines) is 2. The van der Waals surface area contributed by atoms with Crippen LogP contribution in [0.25, 0.3) is 0 Å². The number of halogens is 1. The molecule has 158 valence electrons. The lowest BCUT2D eigenvalue weighted by Gasteiger charge is -2.37. The molecule has 1 atom stereocenters. The van der Waals surface area contributed by atoms with Crippen LogP contribution in [0, 0.1) is 0 Å². The molecule has 0 saturated carbocycles. The fourth-order valence-corrected chi connectivity index (χ4v) is 4.40. The monoisotopic (exact) mass is 408 g/mol. The van der Waals surface area contributed by atoms with Crippen LogP contribution in [0.4, 0.5) is 0 Å². The highest BCUT2D eigenvalue weighted by atomic mass is 35.5. The molecule has 28 heavy (non-hydrogen) atoms. The zero-order chi connectivity index (χ0) is 18.9. The molecule has 0 aromatic heterocycles. The van der Waals surface area contributed by atoms with Crippen LogP contribution >= 0.6 is 12.4 Å². The predicted molar refractivity (Wildman–Crippen MR) is 118 cm³/mol. The van der Waals surface area contributed by atoms with Crippen molar-refractivity contribution in [3.8, 4) is 5.75 Å². The topological polar surface area (TPSA) is 32.8 Å². The van der Waals surface area contributed by atoms with E-state index < -0.39 is 0 Å². The van der Waals surface area contributed by atoms with E-state index in [1.807, 2.05) is 24.3 Å². The number of benzene rings is 1. The second-order valence-corrected chi connectivity index (χ2v) is 8.04. The second kappa shape index (κ2) is 12.3. The van der Waals surface area contributed by atoms with Crippen molar-refractivity contribution in [1.82, 2.24) is 9.80 Å². The highest BCUT2D eigenvalue weighted by Crippen LogP contribution is 2.26. The number of hydrogen-bond acceptors (Lipinski definition) is 3. The Hall–Kier alpha value is -1.26. The lowest BCUT2D eigenvalue weighted by Crippen LogP contribution is -2.45. The van der Waals surface area contributed by atoms with E-state index in [0.717, 1.165) is 50.1 Å². The minimum absolute atomic E-state index is 0. The molecule has 2 aliphatic heterocycles. The number of para-hydroxylation sites is 1. The van der Waals surface area contributed by atoms with Crippen LogP contribution in [0.15, 0.2) is 24.3 Å². The molecule has 0 spiro atoms. The van der Waals surface area contributed by atoms with Crippen molar-refractivity contribution >= 4 is 18.3 Å². The average Bonchev–Trinajstić information content (AvgIpc) is 2.99. The number of hydrogen-bond donors (Lipinski definition) is 0. The van der Waals surface area contributed by atoms with Crippen LogP contribution in [-0.4, -0.2) is 54.5 Å². The van der Waals surface area contributed by atoms with E-state index in [4.69, 9.17) is 4.74 Å². The van der Waals surface area contributed by atoms with Crippen LogP contribution in [0.3, 0.4) is 0 Å². The summed E-state index contributed by atoms with van der Waals surface area (Å²) in [5, 5.41) is 0. The molecule has 2 heterocycles. The number of rotatable bonds is 7. The Kier molecular flexibility index (Phi) is 10.1. The lowest BCUT2D eigenvalue weighted by molar-refractivity contribution is 0.0580. The second-order valence-electron chi connectivity index (χ2n) is 8.04. The van der Waals surface area contributed by atoms with Gasteiger partial charge in [-0.2, -0.15) is 0 Å².